The summed E-state index contributed by atoms with van der Waals surface area (Å²) in [5.74, 6) is -0.918. The summed E-state index contributed by atoms with van der Waals surface area (Å²) in [6.07, 6.45) is 1.36. The van der Waals surface area contributed by atoms with E-state index in [0.29, 0.717) is 16.7 Å². The Balaban J connectivity index is 1.68. The van der Waals surface area contributed by atoms with Gasteiger partial charge < -0.3 is 13.9 Å². The number of furan rings is 2. The van der Waals surface area contributed by atoms with Gasteiger partial charge in [0.25, 0.3) is 5.91 Å². The lowest BCUT2D eigenvalue weighted by atomic mass is 10.00. The summed E-state index contributed by atoms with van der Waals surface area (Å²) in [4.78, 5) is 32.1. The molecule has 0 aliphatic carbocycles. The molecule has 0 saturated heterocycles. The second kappa shape index (κ2) is 6.70. The van der Waals surface area contributed by atoms with Crippen molar-refractivity contribution in [2.75, 3.05) is 4.90 Å². The quantitative estimate of drug-likeness (QED) is 0.473. The van der Waals surface area contributed by atoms with Gasteiger partial charge in [0, 0.05) is 0 Å². The van der Waals surface area contributed by atoms with Crippen LogP contribution >= 0.6 is 11.3 Å². The maximum atomic E-state index is 13.1. The van der Waals surface area contributed by atoms with Gasteiger partial charge in [-0.05, 0) is 55.8 Å². The summed E-state index contributed by atoms with van der Waals surface area (Å²) in [5, 5.41) is 11.0. The number of anilines is 1. The topological polar surface area (TPSA) is 96.8 Å². The van der Waals surface area contributed by atoms with Gasteiger partial charge in [0.2, 0.25) is 5.78 Å². The molecule has 0 spiro atoms. The first-order valence-electron chi connectivity index (χ1n) is 9.22. The van der Waals surface area contributed by atoms with E-state index >= 15 is 0 Å². The van der Waals surface area contributed by atoms with E-state index in [1.165, 1.54) is 28.6 Å². The van der Waals surface area contributed by atoms with E-state index in [-0.39, 0.29) is 11.3 Å². The molecule has 5 rings (SSSR count). The molecular weight excluding hydrogens is 404 g/mol. The summed E-state index contributed by atoms with van der Waals surface area (Å²) in [6, 6.07) is 11.3. The van der Waals surface area contributed by atoms with Crippen LogP contribution in [0.15, 0.2) is 68.9 Å². The van der Waals surface area contributed by atoms with Gasteiger partial charge in [0.05, 0.1) is 22.1 Å². The molecule has 0 radical (unpaired) electrons. The number of hydrogen-bond donors (Lipinski definition) is 1. The summed E-state index contributed by atoms with van der Waals surface area (Å²) < 4.78 is 11.9. The number of aromatic nitrogens is 1. The van der Waals surface area contributed by atoms with Crippen molar-refractivity contribution in [3.63, 3.8) is 0 Å². The fraction of sp³-hybridized carbons (Fsp3) is 0.136. The second-order valence-corrected chi connectivity index (χ2v) is 8.07. The van der Waals surface area contributed by atoms with Gasteiger partial charge in [-0.1, -0.05) is 17.4 Å². The van der Waals surface area contributed by atoms with Crippen molar-refractivity contribution in [3.8, 4) is 0 Å². The van der Waals surface area contributed by atoms with E-state index in [1.54, 1.807) is 25.1 Å². The first-order chi connectivity index (χ1) is 14.4. The standard InChI is InChI=1S/C22H16N2O5S/c1-11-5-7-13-16(10-11)30-22(23-13)24-18(14-8-6-12(2)29-14)17(20(26)21(24)27)19(25)15-4-3-9-28-15/h3-10,18,26H,1-2H3/t18-/m0/s1. The number of rotatable bonds is 4. The lowest BCUT2D eigenvalue weighted by Gasteiger charge is -2.21. The number of hydrogen-bond acceptors (Lipinski definition) is 7. The summed E-state index contributed by atoms with van der Waals surface area (Å²) >= 11 is 1.31. The van der Waals surface area contributed by atoms with Gasteiger partial charge >= 0.3 is 0 Å². The lowest BCUT2D eigenvalue weighted by Crippen LogP contribution is -2.30. The highest BCUT2D eigenvalue weighted by Crippen LogP contribution is 2.44. The molecule has 4 heterocycles. The van der Waals surface area contributed by atoms with Gasteiger partial charge in [0.1, 0.15) is 17.6 Å². The number of carbonyl (C=O) groups excluding carboxylic acids is 2. The zero-order valence-electron chi connectivity index (χ0n) is 16.1. The molecule has 150 valence electrons. The number of nitrogens with zero attached hydrogens (tertiary/aromatic N) is 2. The predicted octanol–water partition coefficient (Wildman–Crippen LogP) is 4.88. The van der Waals surface area contributed by atoms with Gasteiger partial charge in [-0.3, -0.25) is 14.5 Å². The number of benzene rings is 1. The van der Waals surface area contributed by atoms with Crippen LogP contribution in [0.1, 0.15) is 33.7 Å². The lowest BCUT2D eigenvalue weighted by molar-refractivity contribution is -0.117. The Bertz CT molecular complexity index is 1330. The number of aliphatic hydroxyl groups excluding tert-OH is 1. The molecule has 1 aromatic carbocycles. The number of Topliss-reactive ketones (excluding diaryl/α,β-unsaturated/α-hetero) is 1. The van der Waals surface area contributed by atoms with E-state index in [0.717, 1.165) is 15.8 Å². The second-order valence-electron chi connectivity index (χ2n) is 7.06. The molecule has 3 aromatic heterocycles. The molecule has 4 aromatic rings. The minimum Gasteiger partial charge on any atom is -0.503 e. The van der Waals surface area contributed by atoms with Crippen LogP contribution in [0.4, 0.5) is 5.13 Å². The van der Waals surface area contributed by atoms with Crippen LogP contribution in [0.25, 0.3) is 10.2 Å². The maximum Gasteiger partial charge on any atom is 0.296 e. The molecule has 1 aliphatic rings. The van der Waals surface area contributed by atoms with E-state index in [2.05, 4.69) is 4.98 Å². The van der Waals surface area contributed by atoms with Gasteiger partial charge in [-0.25, -0.2) is 4.98 Å². The molecular formula is C22H16N2O5S. The van der Waals surface area contributed by atoms with Gasteiger partial charge in [-0.2, -0.15) is 0 Å². The van der Waals surface area contributed by atoms with Crippen molar-refractivity contribution in [1.29, 1.82) is 0 Å². The Hall–Kier alpha value is -3.65. The summed E-state index contributed by atoms with van der Waals surface area (Å²) in [6.45, 7) is 3.74. The molecule has 0 bridgehead atoms. The van der Waals surface area contributed by atoms with Crippen LogP contribution in [0.3, 0.4) is 0 Å². The molecule has 7 nitrogen and oxygen atoms in total. The number of ketones is 1. The van der Waals surface area contributed by atoms with Crippen LogP contribution < -0.4 is 4.90 Å². The molecule has 1 amide bonds. The van der Waals surface area contributed by atoms with E-state index in [4.69, 9.17) is 8.83 Å². The van der Waals surface area contributed by atoms with E-state index < -0.39 is 23.5 Å². The zero-order valence-corrected chi connectivity index (χ0v) is 16.9. The van der Waals surface area contributed by atoms with Crippen LogP contribution in [0, 0.1) is 13.8 Å². The van der Waals surface area contributed by atoms with Crippen molar-refractivity contribution in [3.05, 3.63) is 82.9 Å². The molecule has 30 heavy (non-hydrogen) atoms. The van der Waals surface area contributed by atoms with Crippen molar-refractivity contribution in [2.45, 2.75) is 19.9 Å². The third-order valence-corrected chi connectivity index (χ3v) is 5.98. The van der Waals surface area contributed by atoms with E-state index in [1.807, 2.05) is 25.1 Å². The van der Waals surface area contributed by atoms with E-state index in [9.17, 15) is 14.7 Å². The normalized spacial score (nSPS) is 16.8. The summed E-state index contributed by atoms with van der Waals surface area (Å²) in [7, 11) is 0. The first kappa shape index (κ1) is 18.4. The van der Waals surface area contributed by atoms with Crippen molar-refractivity contribution >= 4 is 38.4 Å². The Kier molecular flexibility index (Phi) is 4.11. The van der Waals surface area contributed by atoms with Crippen molar-refractivity contribution in [1.82, 2.24) is 4.98 Å². The molecule has 1 atom stereocenters. The van der Waals surface area contributed by atoms with Crippen LogP contribution in [0.5, 0.6) is 0 Å². The summed E-state index contributed by atoms with van der Waals surface area (Å²) in [5.41, 5.74) is 1.70. The molecule has 0 saturated carbocycles. The number of amides is 1. The van der Waals surface area contributed by atoms with Crippen LogP contribution in [-0.4, -0.2) is 21.8 Å². The van der Waals surface area contributed by atoms with Crippen LogP contribution in [-0.2, 0) is 4.79 Å². The highest BCUT2D eigenvalue weighted by atomic mass is 32.1. The monoisotopic (exact) mass is 420 g/mol. The molecule has 1 N–H and O–H groups in total. The highest BCUT2D eigenvalue weighted by molar-refractivity contribution is 7.22. The fourth-order valence-corrected chi connectivity index (χ4v) is 4.66. The molecule has 1 aliphatic heterocycles. The maximum absolute atomic E-state index is 13.1. The number of carbonyl (C=O) groups is 2. The largest absolute Gasteiger partial charge is 0.503 e. The van der Waals surface area contributed by atoms with Gasteiger partial charge in [-0.15, -0.1) is 0 Å². The molecule has 0 unspecified atom stereocenters. The number of aliphatic hydroxyl groups is 1. The Morgan fingerprint density at radius 1 is 1.20 bits per heavy atom. The number of aryl methyl sites for hydroxylation is 2. The predicted molar refractivity (Wildman–Crippen MR) is 111 cm³/mol. The minimum absolute atomic E-state index is 0.0272. The van der Waals surface area contributed by atoms with Crippen molar-refractivity contribution in [2.24, 2.45) is 0 Å². The van der Waals surface area contributed by atoms with Crippen LogP contribution in [0.2, 0.25) is 0 Å². The third kappa shape index (κ3) is 2.76. The molecule has 8 heteroatoms. The SMILES string of the molecule is Cc1ccc2nc(N3C(=O)C(O)=C(C(=O)c4ccco4)[C@@H]3c3ccc(C)o3)sc2c1. The third-order valence-electron chi connectivity index (χ3n) is 4.97. The Morgan fingerprint density at radius 2 is 2.03 bits per heavy atom. The van der Waals surface area contributed by atoms with Gasteiger partial charge in [0.15, 0.2) is 16.7 Å². The zero-order chi connectivity index (χ0) is 21.0. The fourth-order valence-electron chi connectivity index (χ4n) is 3.57. The smallest absolute Gasteiger partial charge is 0.296 e. The number of fused-ring (bicyclic) bond motifs is 1. The first-order valence-corrected chi connectivity index (χ1v) is 10.0. The highest BCUT2D eigenvalue weighted by Gasteiger charge is 2.47. The van der Waals surface area contributed by atoms with Crippen molar-refractivity contribution < 1.29 is 23.5 Å². The molecule has 0 fully saturated rings. The Labute approximate surface area is 174 Å². The Morgan fingerprint density at radius 3 is 2.73 bits per heavy atom. The number of thiazole rings is 1. The average Bonchev–Trinajstić information content (AvgIpc) is 3.49. The average molecular weight is 420 g/mol. The minimum atomic E-state index is -0.953.